The van der Waals surface area contributed by atoms with Crippen molar-refractivity contribution in [1.82, 2.24) is 4.57 Å². The van der Waals surface area contributed by atoms with Crippen LogP contribution in [0.5, 0.6) is 0 Å². The van der Waals surface area contributed by atoms with Crippen molar-refractivity contribution in [1.29, 1.82) is 0 Å². The summed E-state index contributed by atoms with van der Waals surface area (Å²) in [6.45, 7) is 0. The monoisotopic (exact) mass is 592 g/mol. The Kier molecular flexibility index (Phi) is 6.03. The molecule has 2 heterocycles. The summed E-state index contributed by atoms with van der Waals surface area (Å²) in [4.78, 5) is 2.40. The van der Waals surface area contributed by atoms with Crippen molar-refractivity contribution in [3.05, 3.63) is 170 Å². The normalized spacial score (nSPS) is 11.6. The molecule has 0 bridgehead atoms. The fourth-order valence-corrected chi connectivity index (χ4v) is 8.05. The molecule has 0 spiro atoms. The van der Waals surface area contributed by atoms with Gasteiger partial charge in [-0.15, -0.1) is 11.3 Å². The molecule has 0 amide bonds. The van der Waals surface area contributed by atoms with Crippen LogP contribution in [-0.2, 0) is 0 Å². The number of hydrogen-bond acceptors (Lipinski definition) is 2. The lowest BCUT2D eigenvalue weighted by molar-refractivity contribution is 1.18. The Labute approximate surface area is 265 Å². The third-order valence-electron chi connectivity index (χ3n) is 8.79. The zero-order chi connectivity index (χ0) is 29.7. The highest BCUT2D eigenvalue weighted by molar-refractivity contribution is 7.26. The smallest absolute Gasteiger partial charge is 0.0562 e. The quantitative estimate of drug-likeness (QED) is 0.193. The van der Waals surface area contributed by atoms with E-state index in [1.807, 2.05) is 11.3 Å². The van der Waals surface area contributed by atoms with Crippen molar-refractivity contribution >= 4 is 70.4 Å². The van der Waals surface area contributed by atoms with Gasteiger partial charge in [-0.25, -0.2) is 0 Å². The molecule has 2 aromatic heterocycles. The zero-order valence-electron chi connectivity index (χ0n) is 24.5. The van der Waals surface area contributed by atoms with Crippen LogP contribution in [0.4, 0.5) is 17.1 Å². The summed E-state index contributed by atoms with van der Waals surface area (Å²) < 4.78 is 5.05. The number of hydrogen-bond donors (Lipinski definition) is 0. The van der Waals surface area contributed by atoms with Gasteiger partial charge in [-0.2, -0.15) is 0 Å². The first-order valence-corrected chi connectivity index (χ1v) is 16.1. The van der Waals surface area contributed by atoms with Gasteiger partial charge >= 0.3 is 0 Å². The molecule has 9 rings (SSSR count). The third-order valence-corrected chi connectivity index (χ3v) is 10.0. The number of aromatic nitrogens is 1. The molecule has 212 valence electrons. The number of nitrogens with zero attached hydrogens (tertiary/aromatic N) is 2. The Bertz CT molecular complexity index is 2470. The van der Waals surface area contributed by atoms with Crippen LogP contribution in [0, 0.1) is 0 Å². The van der Waals surface area contributed by atoms with Crippen molar-refractivity contribution in [2.24, 2.45) is 0 Å². The number of thiophene rings is 1. The summed E-state index contributed by atoms with van der Waals surface area (Å²) in [5.41, 5.74) is 9.46. The van der Waals surface area contributed by atoms with E-state index in [-0.39, 0.29) is 0 Å². The summed E-state index contributed by atoms with van der Waals surface area (Å²) in [5.74, 6) is 0. The van der Waals surface area contributed by atoms with Gasteiger partial charge in [-0.05, 0) is 71.8 Å². The van der Waals surface area contributed by atoms with Crippen LogP contribution >= 0.6 is 11.3 Å². The molecule has 2 nitrogen and oxygen atoms in total. The van der Waals surface area contributed by atoms with Crippen molar-refractivity contribution in [3.63, 3.8) is 0 Å². The Morgan fingerprint density at radius 2 is 1.07 bits per heavy atom. The molecule has 7 aromatic carbocycles. The second kappa shape index (κ2) is 10.5. The Hall–Kier alpha value is -5.64. The van der Waals surface area contributed by atoms with Gasteiger partial charge in [0.25, 0.3) is 0 Å². The highest BCUT2D eigenvalue weighted by atomic mass is 32.1. The molecular weight excluding hydrogens is 565 g/mol. The first-order valence-electron chi connectivity index (χ1n) is 15.3. The average Bonchev–Trinajstić information content (AvgIpc) is 3.66. The lowest BCUT2D eigenvalue weighted by Gasteiger charge is -2.26. The molecule has 0 radical (unpaired) electrons. The first kappa shape index (κ1) is 25.8. The minimum absolute atomic E-state index is 1.12. The van der Waals surface area contributed by atoms with E-state index >= 15 is 0 Å². The van der Waals surface area contributed by atoms with Gasteiger partial charge < -0.3 is 9.47 Å². The van der Waals surface area contributed by atoms with E-state index in [0.717, 1.165) is 22.7 Å². The number of benzene rings is 7. The second-order valence-electron chi connectivity index (χ2n) is 11.4. The maximum atomic E-state index is 2.40. The summed E-state index contributed by atoms with van der Waals surface area (Å²) in [5, 5.41) is 5.12. The molecule has 0 aliphatic rings. The van der Waals surface area contributed by atoms with Crippen molar-refractivity contribution < 1.29 is 0 Å². The van der Waals surface area contributed by atoms with Crippen LogP contribution in [0.25, 0.3) is 58.8 Å². The van der Waals surface area contributed by atoms with Gasteiger partial charge in [0.2, 0.25) is 0 Å². The SMILES string of the molecule is c1ccc(N(c2ccc(-c3cccc4c3sc3ccccc34)cc2)c2cccc3c2c2ccccc2n3-c2ccccc2)cc1. The lowest BCUT2D eigenvalue weighted by atomic mass is 10.0. The molecule has 9 aromatic rings. The maximum Gasteiger partial charge on any atom is 0.0562 e. The molecular formula is C42H28N2S. The Morgan fingerprint density at radius 1 is 0.444 bits per heavy atom. The van der Waals surface area contributed by atoms with E-state index < -0.39 is 0 Å². The van der Waals surface area contributed by atoms with Crippen LogP contribution in [0.1, 0.15) is 0 Å². The predicted molar refractivity (Wildman–Crippen MR) is 194 cm³/mol. The van der Waals surface area contributed by atoms with E-state index in [1.165, 1.54) is 53.1 Å². The van der Waals surface area contributed by atoms with E-state index in [1.54, 1.807) is 0 Å². The van der Waals surface area contributed by atoms with E-state index in [4.69, 9.17) is 0 Å². The molecule has 0 fully saturated rings. The highest BCUT2D eigenvalue weighted by Gasteiger charge is 2.21. The highest BCUT2D eigenvalue weighted by Crippen LogP contribution is 2.45. The van der Waals surface area contributed by atoms with Crippen molar-refractivity contribution in [2.45, 2.75) is 0 Å². The molecule has 0 saturated heterocycles. The molecule has 0 saturated carbocycles. The van der Waals surface area contributed by atoms with Crippen LogP contribution in [0.2, 0.25) is 0 Å². The summed E-state index contributed by atoms with van der Waals surface area (Å²) >= 11 is 1.88. The van der Waals surface area contributed by atoms with E-state index in [2.05, 4.69) is 179 Å². The second-order valence-corrected chi connectivity index (χ2v) is 12.4. The number of anilines is 3. The van der Waals surface area contributed by atoms with Gasteiger partial charge in [0.15, 0.2) is 0 Å². The maximum absolute atomic E-state index is 2.40. The van der Waals surface area contributed by atoms with Gasteiger partial charge in [0.1, 0.15) is 0 Å². The van der Waals surface area contributed by atoms with Crippen molar-refractivity contribution in [3.8, 4) is 16.8 Å². The molecule has 0 unspecified atom stereocenters. The molecule has 0 atom stereocenters. The standard InChI is InChI=1S/C42H28N2S/c1-3-13-30(14-4-1)43(32-27-25-29(26-28-32)33-19-11-20-35-34-17-8-10-24-40(34)45-42(33)35)38-22-12-23-39-41(38)36-18-7-9-21-37(36)44(39)31-15-5-2-6-16-31/h1-28H. The van der Waals surface area contributed by atoms with E-state index in [0.29, 0.717) is 0 Å². The van der Waals surface area contributed by atoms with Crippen LogP contribution in [0.3, 0.4) is 0 Å². The molecule has 0 aliphatic carbocycles. The minimum Gasteiger partial charge on any atom is -0.310 e. The summed E-state index contributed by atoms with van der Waals surface area (Å²) in [7, 11) is 0. The fraction of sp³-hybridized carbons (Fsp3) is 0. The molecule has 0 N–H and O–H groups in total. The summed E-state index contributed by atoms with van der Waals surface area (Å²) in [6, 6.07) is 61.3. The molecule has 3 heteroatoms. The fourth-order valence-electron chi connectivity index (χ4n) is 6.81. The largest absolute Gasteiger partial charge is 0.310 e. The van der Waals surface area contributed by atoms with Crippen LogP contribution in [0.15, 0.2) is 170 Å². The van der Waals surface area contributed by atoms with Gasteiger partial charge in [-0.1, -0.05) is 109 Å². The van der Waals surface area contributed by atoms with Crippen molar-refractivity contribution in [2.75, 3.05) is 4.90 Å². The lowest BCUT2D eigenvalue weighted by Crippen LogP contribution is -2.10. The van der Waals surface area contributed by atoms with Gasteiger partial charge in [0, 0.05) is 48.0 Å². The summed E-state index contributed by atoms with van der Waals surface area (Å²) in [6.07, 6.45) is 0. The Balaban J connectivity index is 1.24. The number of rotatable bonds is 5. The van der Waals surface area contributed by atoms with Crippen LogP contribution in [-0.4, -0.2) is 4.57 Å². The van der Waals surface area contributed by atoms with E-state index in [9.17, 15) is 0 Å². The topological polar surface area (TPSA) is 8.17 Å². The minimum atomic E-state index is 1.12. The van der Waals surface area contributed by atoms with Crippen LogP contribution < -0.4 is 4.90 Å². The zero-order valence-corrected chi connectivity index (χ0v) is 25.3. The molecule has 45 heavy (non-hydrogen) atoms. The number of para-hydroxylation sites is 3. The molecule has 0 aliphatic heterocycles. The Morgan fingerprint density at radius 3 is 1.89 bits per heavy atom. The van der Waals surface area contributed by atoms with Gasteiger partial charge in [0.05, 0.1) is 16.7 Å². The number of fused-ring (bicyclic) bond motifs is 6. The first-order chi connectivity index (χ1) is 22.3. The third kappa shape index (κ3) is 4.16. The predicted octanol–water partition coefficient (Wildman–Crippen LogP) is 12.3. The average molecular weight is 593 g/mol. The van der Waals surface area contributed by atoms with Gasteiger partial charge in [-0.3, -0.25) is 0 Å².